The second-order valence-electron chi connectivity index (χ2n) is 7.60. The molecule has 1 aliphatic rings. The van der Waals surface area contributed by atoms with E-state index in [1.807, 2.05) is 13.0 Å². The fourth-order valence-electron chi connectivity index (χ4n) is 3.72. The summed E-state index contributed by atoms with van der Waals surface area (Å²) in [6, 6.07) is 18.6. The van der Waals surface area contributed by atoms with Crippen molar-refractivity contribution in [2.45, 2.75) is 20.0 Å². The Labute approximate surface area is 191 Å². The summed E-state index contributed by atoms with van der Waals surface area (Å²) in [6.45, 7) is 3.45. The van der Waals surface area contributed by atoms with Crippen LogP contribution < -0.4 is 14.8 Å². The summed E-state index contributed by atoms with van der Waals surface area (Å²) in [6.07, 6.45) is 0. The molecule has 2 amide bonds. The van der Waals surface area contributed by atoms with Crippen molar-refractivity contribution >= 4 is 11.8 Å². The van der Waals surface area contributed by atoms with Gasteiger partial charge < -0.3 is 19.7 Å². The number of rotatable bonds is 6. The molecular formula is C26H25FN2O4. The quantitative estimate of drug-likeness (QED) is 0.614. The molecule has 1 N–H and O–H groups in total. The molecule has 0 spiro atoms. The minimum absolute atomic E-state index is 0.0813. The first-order valence-corrected chi connectivity index (χ1v) is 10.8. The van der Waals surface area contributed by atoms with Gasteiger partial charge in [0.1, 0.15) is 23.9 Å². The number of hydrogen-bond acceptors (Lipinski definition) is 4. The number of carbonyl (C=O) groups excluding carboxylic acids is 2. The monoisotopic (exact) mass is 448 g/mol. The Bertz CT molecular complexity index is 1160. The van der Waals surface area contributed by atoms with Crippen molar-refractivity contribution in [3.05, 3.63) is 94.8 Å². The summed E-state index contributed by atoms with van der Waals surface area (Å²) in [7, 11) is 0. The fraction of sp³-hybridized carbons (Fsp3) is 0.231. The van der Waals surface area contributed by atoms with Gasteiger partial charge in [-0.25, -0.2) is 4.39 Å². The number of amides is 2. The van der Waals surface area contributed by atoms with Crippen molar-refractivity contribution in [1.29, 1.82) is 0 Å². The van der Waals surface area contributed by atoms with E-state index in [0.717, 1.165) is 5.56 Å². The normalized spacial score (nSPS) is 12.8. The summed E-state index contributed by atoms with van der Waals surface area (Å²) in [4.78, 5) is 27.6. The molecule has 6 nitrogen and oxygen atoms in total. The highest BCUT2D eigenvalue weighted by Crippen LogP contribution is 2.27. The Kier molecular flexibility index (Phi) is 6.88. The van der Waals surface area contributed by atoms with Crippen LogP contribution in [0.1, 0.15) is 38.8 Å². The predicted octanol–water partition coefficient (Wildman–Crippen LogP) is 4.19. The lowest BCUT2D eigenvalue weighted by molar-refractivity contribution is 0.0729. The molecule has 4 rings (SSSR count). The highest BCUT2D eigenvalue weighted by molar-refractivity contribution is 5.97. The van der Waals surface area contributed by atoms with E-state index in [4.69, 9.17) is 9.47 Å². The lowest BCUT2D eigenvalue weighted by Crippen LogP contribution is -2.32. The van der Waals surface area contributed by atoms with Crippen LogP contribution in [0.4, 0.5) is 4.39 Å². The first-order valence-electron chi connectivity index (χ1n) is 10.8. The number of para-hydroxylation sites is 1. The molecule has 0 atom stereocenters. The third-order valence-corrected chi connectivity index (χ3v) is 5.40. The third kappa shape index (κ3) is 5.14. The van der Waals surface area contributed by atoms with Crippen molar-refractivity contribution in [2.75, 3.05) is 19.8 Å². The zero-order valence-electron chi connectivity index (χ0n) is 18.3. The number of carbonyl (C=O) groups is 2. The second-order valence-corrected chi connectivity index (χ2v) is 7.60. The van der Waals surface area contributed by atoms with Gasteiger partial charge in [-0.15, -0.1) is 0 Å². The zero-order chi connectivity index (χ0) is 23.2. The van der Waals surface area contributed by atoms with Crippen LogP contribution in [-0.4, -0.2) is 36.5 Å². The van der Waals surface area contributed by atoms with Crippen LogP contribution in [0.3, 0.4) is 0 Å². The van der Waals surface area contributed by atoms with Crippen LogP contribution in [-0.2, 0) is 13.1 Å². The standard InChI is InChI=1S/C26H25FN2O4/c1-2-32-24-10-6-4-8-21(24)26(31)29-13-14-33-23-12-11-18(15-20(23)17-29)25(30)28-16-19-7-3-5-9-22(19)27/h3-12,15H,2,13-14,16-17H2,1H3,(H,28,30). The van der Waals surface area contributed by atoms with Gasteiger partial charge in [-0.3, -0.25) is 9.59 Å². The lowest BCUT2D eigenvalue weighted by atomic mass is 10.1. The largest absolute Gasteiger partial charge is 0.493 e. The van der Waals surface area contributed by atoms with Crippen molar-refractivity contribution in [3.8, 4) is 11.5 Å². The van der Waals surface area contributed by atoms with Crippen LogP contribution in [0.2, 0.25) is 0 Å². The van der Waals surface area contributed by atoms with Gasteiger partial charge in [0.25, 0.3) is 11.8 Å². The maximum Gasteiger partial charge on any atom is 0.258 e. The summed E-state index contributed by atoms with van der Waals surface area (Å²) >= 11 is 0. The second kappa shape index (κ2) is 10.2. The van der Waals surface area contributed by atoms with E-state index in [1.54, 1.807) is 59.5 Å². The lowest BCUT2D eigenvalue weighted by Gasteiger charge is -2.21. The number of ether oxygens (including phenoxy) is 2. The van der Waals surface area contributed by atoms with Gasteiger partial charge in [0.2, 0.25) is 0 Å². The van der Waals surface area contributed by atoms with Crippen LogP contribution in [0, 0.1) is 5.82 Å². The first kappa shape index (κ1) is 22.3. The van der Waals surface area contributed by atoms with E-state index >= 15 is 0 Å². The highest BCUT2D eigenvalue weighted by atomic mass is 19.1. The number of benzene rings is 3. The van der Waals surface area contributed by atoms with Gasteiger partial charge in [0.15, 0.2) is 0 Å². The van der Waals surface area contributed by atoms with Gasteiger partial charge in [0.05, 0.1) is 18.7 Å². The van der Waals surface area contributed by atoms with E-state index < -0.39 is 0 Å². The minimum atomic E-state index is -0.366. The smallest absolute Gasteiger partial charge is 0.258 e. The Hall–Kier alpha value is -3.87. The number of nitrogens with one attached hydrogen (secondary N) is 1. The van der Waals surface area contributed by atoms with Crippen molar-refractivity contribution in [2.24, 2.45) is 0 Å². The number of halogens is 1. The molecule has 0 saturated carbocycles. The molecule has 7 heteroatoms. The van der Waals surface area contributed by atoms with Gasteiger partial charge in [-0.2, -0.15) is 0 Å². The molecule has 0 unspecified atom stereocenters. The number of fused-ring (bicyclic) bond motifs is 1. The van der Waals surface area contributed by atoms with E-state index in [-0.39, 0.29) is 24.2 Å². The number of nitrogens with zero attached hydrogens (tertiary/aromatic N) is 1. The van der Waals surface area contributed by atoms with Crippen LogP contribution in [0.15, 0.2) is 66.7 Å². The highest BCUT2D eigenvalue weighted by Gasteiger charge is 2.24. The van der Waals surface area contributed by atoms with Crippen molar-refractivity contribution in [3.63, 3.8) is 0 Å². The summed E-state index contributed by atoms with van der Waals surface area (Å²) in [5.74, 6) is 0.315. The Balaban J connectivity index is 1.51. The van der Waals surface area contributed by atoms with Gasteiger partial charge in [-0.05, 0) is 43.3 Å². The molecule has 0 radical (unpaired) electrons. The minimum Gasteiger partial charge on any atom is -0.493 e. The molecule has 3 aromatic rings. The Morgan fingerprint density at radius 3 is 2.70 bits per heavy atom. The number of hydrogen-bond donors (Lipinski definition) is 1. The molecular weight excluding hydrogens is 423 g/mol. The SMILES string of the molecule is CCOc1ccccc1C(=O)N1CCOc2ccc(C(=O)NCc3ccccc3F)cc2C1. The molecule has 0 bridgehead atoms. The van der Waals surface area contributed by atoms with E-state index in [0.29, 0.717) is 54.5 Å². The Morgan fingerprint density at radius 1 is 1.09 bits per heavy atom. The molecule has 33 heavy (non-hydrogen) atoms. The van der Waals surface area contributed by atoms with Crippen molar-refractivity contribution < 1.29 is 23.5 Å². The van der Waals surface area contributed by atoms with Gasteiger partial charge in [0, 0.05) is 29.8 Å². The molecule has 0 aromatic heterocycles. The molecule has 0 fully saturated rings. The third-order valence-electron chi connectivity index (χ3n) is 5.40. The maximum absolute atomic E-state index is 13.8. The van der Waals surface area contributed by atoms with Crippen molar-refractivity contribution in [1.82, 2.24) is 10.2 Å². The molecule has 170 valence electrons. The summed E-state index contributed by atoms with van der Waals surface area (Å²) in [5, 5.41) is 2.74. The fourth-order valence-corrected chi connectivity index (χ4v) is 3.72. The zero-order valence-corrected chi connectivity index (χ0v) is 18.3. The molecule has 1 aliphatic heterocycles. The predicted molar refractivity (Wildman–Crippen MR) is 122 cm³/mol. The van der Waals surface area contributed by atoms with Gasteiger partial charge >= 0.3 is 0 Å². The van der Waals surface area contributed by atoms with Crippen LogP contribution in [0.5, 0.6) is 11.5 Å². The van der Waals surface area contributed by atoms with Crippen LogP contribution in [0.25, 0.3) is 0 Å². The molecule has 0 saturated heterocycles. The molecule has 3 aromatic carbocycles. The Morgan fingerprint density at radius 2 is 1.88 bits per heavy atom. The topological polar surface area (TPSA) is 67.9 Å². The van der Waals surface area contributed by atoms with Crippen LogP contribution >= 0.6 is 0 Å². The van der Waals surface area contributed by atoms with E-state index in [2.05, 4.69) is 5.32 Å². The summed E-state index contributed by atoms with van der Waals surface area (Å²) in [5.41, 5.74) is 2.04. The average Bonchev–Trinajstić information content (AvgIpc) is 3.05. The average molecular weight is 448 g/mol. The molecule has 0 aliphatic carbocycles. The summed E-state index contributed by atoms with van der Waals surface area (Å²) < 4.78 is 25.3. The van der Waals surface area contributed by atoms with Gasteiger partial charge in [-0.1, -0.05) is 30.3 Å². The maximum atomic E-state index is 13.8. The first-order chi connectivity index (χ1) is 16.1. The molecule has 1 heterocycles. The van der Waals surface area contributed by atoms with E-state index in [9.17, 15) is 14.0 Å². The van der Waals surface area contributed by atoms with E-state index in [1.165, 1.54) is 6.07 Å².